The van der Waals surface area contributed by atoms with Gasteiger partial charge in [0.2, 0.25) is 5.91 Å². The van der Waals surface area contributed by atoms with Gasteiger partial charge >= 0.3 is 12.1 Å². The van der Waals surface area contributed by atoms with E-state index in [-0.39, 0.29) is 23.6 Å². The normalized spacial score (nSPS) is 37.7. The number of nitrogens with zero attached hydrogens (tertiary/aromatic N) is 2. The molecule has 1 aromatic carbocycles. The molecule has 0 spiro atoms. The van der Waals surface area contributed by atoms with Crippen molar-refractivity contribution in [1.29, 1.82) is 0 Å². The molecule has 0 radical (unpaired) electrons. The van der Waals surface area contributed by atoms with Gasteiger partial charge in [0, 0.05) is 16.2 Å². The molecule has 1 N–H and O–H groups in total. The molecule has 7 fully saturated rings. The van der Waals surface area contributed by atoms with Crippen LogP contribution >= 0.6 is 0 Å². The van der Waals surface area contributed by atoms with E-state index in [1.807, 2.05) is 12.1 Å². The van der Waals surface area contributed by atoms with Gasteiger partial charge in [0.05, 0.1) is 6.04 Å². The number of carbonyl (C=O) groups is 1. The molecule has 7 aliphatic carbocycles. The van der Waals surface area contributed by atoms with Crippen LogP contribution in [0.4, 0.5) is 17.6 Å². The molecule has 9 heteroatoms. The van der Waals surface area contributed by atoms with Crippen molar-refractivity contribution < 1.29 is 26.9 Å². The number of hydrogen-bond donors (Lipinski definition) is 1. The van der Waals surface area contributed by atoms with Gasteiger partial charge in [0.1, 0.15) is 6.17 Å². The third kappa shape index (κ3) is 3.23. The maximum Gasteiger partial charge on any atom is 0.471 e. The molecule has 1 aromatic heterocycles. The molecule has 7 aliphatic rings. The predicted molar refractivity (Wildman–Crippen MR) is 120 cm³/mol. The number of alkyl halides is 4. The first kappa shape index (κ1) is 22.7. The van der Waals surface area contributed by atoms with Gasteiger partial charge in [-0.15, -0.1) is 0 Å². The van der Waals surface area contributed by atoms with Gasteiger partial charge in [-0.25, -0.2) is 4.39 Å². The second kappa shape index (κ2) is 7.32. The first-order valence-corrected chi connectivity index (χ1v) is 13.1. The largest absolute Gasteiger partial charge is 0.471 e. The molecule has 2 unspecified atom stereocenters. The van der Waals surface area contributed by atoms with Crippen LogP contribution in [-0.2, 0) is 16.4 Å². The minimum absolute atomic E-state index is 0.0313. The summed E-state index contributed by atoms with van der Waals surface area (Å²) in [6, 6.07) is 7.76. The fourth-order valence-corrected chi connectivity index (χ4v) is 7.60. The van der Waals surface area contributed by atoms with Crippen LogP contribution in [0.3, 0.4) is 0 Å². The molecule has 7 saturated carbocycles. The van der Waals surface area contributed by atoms with Crippen molar-refractivity contribution in [2.24, 2.45) is 16.7 Å². The molecular weight excluding hydrogens is 474 g/mol. The van der Waals surface area contributed by atoms with Crippen molar-refractivity contribution in [3.05, 3.63) is 47.1 Å². The highest BCUT2D eigenvalue weighted by atomic mass is 19.4. The lowest BCUT2D eigenvalue weighted by Gasteiger charge is -2.61. The zero-order chi connectivity index (χ0) is 24.9. The number of hydrogen-bond acceptors (Lipinski definition) is 4. The second-order valence-electron chi connectivity index (χ2n) is 12.2. The smallest absolute Gasteiger partial charge is 0.348 e. The van der Waals surface area contributed by atoms with Crippen molar-refractivity contribution in [3.8, 4) is 0 Å². The van der Waals surface area contributed by atoms with E-state index in [0.717, 1.165) is 37.7 Å². The van der Waals surface area contributed by atoms with Crippen molar-refractivity contribution in [3.63, 3.8) is 0 Å². The Bertz CT molecular complexity index is 1190. The van der Waals surface area contributed by atoms with E-state index in [4.69, 9.17) is 0 Å². The Hall–Kier alpha value is -2.45. The topological polar surface area (TPSA) is 68.0 Å². The van der Waals surface area contributed by atoms with Gasteiger partial charge in [0.25, 0.3) is 0 Å². The van der Waals surface area contributed by atoms with E-state index in [9.17, 15) is 18.0 Å². The molecule has 1 amide bonds. The van der Waals surface area contributed by atoms with Crippen LogP contribution in [0.25, 0.3) is 0 Å². The van der Waals surface area contributed by atoms with Crippen LogP contribution < -0.4 is 5.32 Å². The number of halogens is 4. The highest BCUT2D eigenvalue weighted by molar-refractivity contribution is 5.86. The first-order chi connectivity index (χ1) is 17.1. The van der Waals surface area contributed by atoms with Gasteiger partial charge in [-0.2, -0.15) is 18.2 Å². The Morgan fingerprint density at radius 2 is 1.81 bits per heavy atom. The lowest BCUT2D eigenvalue weighted by Crippen LogP contribution is -2.63. The molecular formula is C27H29F4N3O2. The Labute approximate surface area is 206 Å². The van der Waals surface area contributed by atoms with Crippen molar-refractivity contribution in [2.45, 2.75) is 93.9 Å². The maximum atomic E-state index is 16.3. The van der Waals surface area contributed by atoms with E-state index in [1.165, 1.54) is 5.56 Å². The number of benzene rings is 1. The highest BCUT2D eigenvalue weighted by Gasteiger charge is 2.64. The lowest BCUT2D eigenvalue weighted by atomic mass is 9.44. The summed E-state index contributed by atoms with van der Waals surface area (Å²) in [5.41, 5.74) is 0.212. The van der Waals surface area contributed by atoms with Crippen molar-refractivity contribution in [1.82, 2.24) is 15.5 Å². The molecule has 0 aliphatic heterocycles. The Morgan fingerprint density at radius 1 is 1.08 bits per heavy atom. The van der Waals surface area contributed by atoms with Crippen LogP contribution in [0.5, 0.6) is 0 Å². The number of carbonyl (C=O) groups excluding carboxylic acids is 1. The van der Waals surface area contributed by atoms with Crippen molar-refractivity contribution in [2.75, 3.05) is 0 Å². The van der Waals surface area contributed by atoms with Gasteiger partial charge in [-0.1, -0.05) is 29.4 Å². The lowest BCUT2D eigenvalue weighted by molar-refractivity contribution is -0.169. The summed E-state index contributed by atoms with van der Waals surface area (Å²) < 4.78 is 60.0. The fraction of sp³-hybridized carbons (Fsp3) is 0.667. The molecule has 5 nitrogen and oxygen atoms in total. The maximum absolute atomic E-state index is 16.3. The zero-order valence-electron chi connectivity index (χ0n) is 19.9. The molecule has 9 rings (SSSR count). The number of nitrogens with one attached hydrogen (secondary N) is 1. The van der Waals surface area contributed by atoms with Crippen LogP contribution in [0.2, 0.25) is 0 Å². The first-order valence-electron chi connectivity index (χ1n) is 13.1. The van der Waals surface area contributed by atoms with Crippen molar-refractivity contribution >= 4 is 5.91 Å². The standard InChI is InChI=1S/C27H29F4N3O2/c28-19-14-24(21-33-23(36-34-21)27(29,30)31)6-8-26(19,9-7-24)20(32-22(35)25-11-15(12-25)13-25)18-3-1-2-17(10-18)16-4-5-16/h1-3,10,15-16,19-20H,4-9,11-14H2,(H,32,35). The Kier molecular flexibility index (Phi) is 4.62. The number of amides is 1. The second-order valence-corrected chi connectivity index (χ2v) is 12.2. The number of rotatable bonds is 6. The molecule has 4 bridgehead atoms. The summed E-state index contributed by atoms with van der Waals surface area (Å²) in [5, 5.41) is 6.95. The average molecular weight is 504 g/mol. The van der Waals surface area contributed by atoms with Gasteiger partial charge < -0.3 is 9.84 Å². The summed E-state index contributed by atoms with van der Waals surface area (Å²) in [6.07, 6.45) is 0.862. The van der Waals surface area contributed by atoms with Gasteiger partial charge in [-0.3, -0.25) is 4.79 Å². The summed E-state index contributed by atoms with van der Waals surface area (Å²) >= 11 is 0. The predicted octanol–water partition coefficient (Wildman–Crippen LogP) is 6.16. The van der Waals surface area contributed by atoms with Gasteiger partial charge in [0.15, 0.2) is 5.82 Å². The number of aromatic nitrogens is 2. The van der Waals surface area contributed by atoms with E-state index >= 15 is 4.39 Å². The Morgan fingerprint density at radius 3 is 2.36 bits per heavy atom. The molecule has 2 aromatic rings. The summed E-state index contributed by atoms with van der Waals surface area (Å²) in [4.78, 5) is 17.1. The fourth-order valence-electron chi connectivity index (χ4n) is 7.60. The molecule has 0 saturated heterocycles. The summed E-state index contributed by atoms with van der Waals surface area (Å²) in [6.45, 7) is 0. The van der Waals surface area contributed by atoms with E-state index in [0.29, 0.717) is 37.5 Å². The summed E-state index contributed by atoms with van der Waals surface area (Å²) in [5.74, 6) is -0.213. The van der Waals surface area contributed by atoms with E-state index < -0.39 is 35.1 Å². The number of fused-ring (bicyclic) bond motifs is 3. The van der Waals surface area contributed by atoms with Crippen LogP contribution in [0.1, 0.15) is 99.0 Å². The molecule has 36 heavy (non-hydrogen) atoms. The quantitative estimate of drug-likeness (QED) is 0.479. The van der Waals surface area contributed by atoms with E-state index in [2.05, 4.69) is 32.1 Å². The molecule has 2 atom stereocenters. The average Bonchev–Trinajstić information content (AvgIpc) is 3.50. The third-order valence-corrected chi connectivity index (χ3v) is 10.1. The highest BCUT2D eigenvalue weighted by Crippen LogP contribution is 2.66. The third-order valence-electron chi connectivity index (χ3n) is 10.1. The monoisotopic (exact) mass is 503 g/mol. The zero-order valence-corrected chi connectivity index (χ0v) is 19.9. The molecule has 192 valence electrons. The van der Waals surface area contributed by atoms with Crippen LogP contribution in [-0.4, -0.2) is 22.2 Å². The Balaban J connectivity index is 1.21. The van der Waals surface area contributed by atoms with E-state index in [1.54, 1.807) is 0 Å². The molecule has 1 heterocycles. The summed E-state index contributed by atoms with van der Waals surface area (Å²) in [7, 11) is 0. The van der Waals surface area contributed by atoms with Crippen LogP contribution in [0.15, 0.2) is 28.8 Å². The van der Waals surface area contributed by atoms with Crippen LogP contribution in [0, 0.1) is 16.7 Å². The minimum Gasteiger partial charge on any atom is -0.348 e. The SMILES string of the molecule is O=C(NC(c1cccc(C2CC2)c1)C12CCC(c3noc(C(F)(F)F)n3)(CC1)CC2F)C12CC(C1)C2. The van der Waals surface area contributed by atoms with Gasteiger partial charge in [-0.05, 0) is 87.2 Å². The minimum atomic E-state index is -4.73.